The van der Waals surface area contributed by atoms with Gasteiger partial charge in [0.2, 0.25) is 0 Å². The molecule has 0 aliphatic carbocycles. The van der Waals surface area contributed by atoms with Crippen LogP contribution in [0, 0.1) is 0 Å². The Bertz CT molecular complexity index is 274. The molecule has 20 heavy (non-hydrogen) atoms. The summed E-state index contributed by atoms with van der Waals surface area (Å²) >= 11 is 16.5. The summed E-state index contributed by atoms with van der Waals surface area (Å²) in [5, 5.41) is 48.2. The van der Waals surface area contributed by atoms with Crippen molar-refractivity contribution in [3.05, 3.63) is 0 Å². The van der Waals surface area contributed by atoms with Crippen molar-refractivity contribution in [1.29, 1.82) is 0 Å². The Balaban J connectivity index is 4.50. The number of thiol groups is 4. The molecule has 0 spiro atoms. The molecule has 0 saturated carbocycles. The zero-order valence-corrected chi connectivity index (χ0v) is 15.0. The number of aliphatic hydroxyl groups excluding tert-OH is 4. The van der Waals surface area contributed by atoms with Gasteiger partial charge in [-0.15, -0.1) is 0 Å². The topological polar surface area (TPSA) is 101 Å². The van der Waals surface area contributed by atoms with Crippen LogP contribution >= 0.6 is 62.3 Å². The molecule has 0 heterocycles. The summed E-state index contributed by atoms with van der Waals surface area (Å²) in [7, 11) is 0. The van der Waals surface area contributed by atoms with E-state index in [1.807, 2.05) is 0 Å². The van der Waals surface area contributed by atoms with E-state index < -0.39 is 33.9 Å². The summed E-state index contributed by atoms with van der Waals surface area (Å²) in [6, 6.07) is 0. The van der Waals surface area contributed by atoms with Crippen LogP contribution in [-0.2, 0) is 0 Å². The van der Waals surface area contributed by atoms with E-state index in [4.69, 9.17) is 0 Å². The molecular weight excluding hydrogens is 360 g/mol. The molecule has 0 aromatic carbocycles. The van der Waals surface area contributed by atoms with Gasteiger partial charge in [0.1, 0.15) is 16.5 Å². The van der Waals surface area contributed by atoms with Gasteiger partial charge in [-0.3, -0.25) is 0 Å². The fourth-order valence-electron chi connectivity index (χ4n) is 1.36. The molecule has 6 atom stereocenters. The minimum atomic E-state index is -1.65. The molecular formula is C10H22O5S5. The van der Waals surface area contributed by atoms with Crippen molar-refractivity contribution in [2.45, 2.75) is 40.4 Å². The lowest BCUT2D eigenvalue weighted by atomic mass is 10.1. The molecule has 5 nitrogen and oxygen atoms in total. The van der Waals surface area contributed by atoms with Crippen molar-refractivity contribution in [2.75, 3.05) is 17.3 Å². The first-order chi connectivity index (χ1) is 9.21. The molecule has 4 unspecified atom stereocenters. The normalized spacial score (nSPS) is 22.6. The lowest BCUT2D eigenvalue weighted by molar-refractivity contribution is 0.0189. The summed E-state index contributed by atoms with van der Waals surface area (Å²) in [5.74, 6) is 0.0119. The molecule has 10 heteroatoms. The fourth-order valence-corrected chi connectivity index (χ4v) is 4.06. The average Bonchev–Trinajstić information content (AvgIpc) is 2.43. The second-order valence-corrected chi connectivity index (χ2v) is 7.51. The molecule has 0 aliphatic rings. The number of aliphatic hydroxyl groups is 5. The predicted octanol–water partition coefficient (Wildman–Crippen LogP) is -0.713. The summed E-state index contributed by atoms with van der Waals surface area (Å²) < 4.78 is 0. The minimum absolute atomic E-state index is 0.00909. The largest absolute Gasteiger partial charge is 0.390 e. The summed E-state index contributed by atoms with van der Waals surface area (Å²) in [6.45, 7) is 0. The Hall–Kier alpha value is 1.55. The van der Waals surface area contributed by atoms with Gasteiger partial charge in [0.25, 0.3) is 0 Å². The molecule has 122 valence electrons. The zero-order valence-electron chi connectivity index (χ0n) is 10.6. The molecule has 0 aromatic heterocycles. The molecule has 5 N–H and O–H groups in total. The second kappa shape index (κ2) is 10.3. The van der Waals surface area contributed by atoms with Gasteiger partial charge in [-0.2, -0.15) is 50.5 Å². The molecule has 0 bridgehead atoms. The maximum atomic E-state index is 10.1. The van der Waals surface area contributed by atoms with Crippen LogP contribution in [-0.4, -0.2) is 76.7 Å². The zero-order chi connectivity index (χ0) is 15.9. The van der Waals surface area contributed by atoms with E-state index in [1.54, 1.807) is 0 Å². The quantitative estimate of drug-likeness (QED) is 0.183. The van der Waals surface area contributed by atoms with Crippen LogP contribution in [0.25, 0.3) is 0 Å². The van der Waals surface area contributed by atoms with E-state index in [1.165, 1.54) is 0 Å². The Labute approximate surface area is 145 Å². The maximum Gasteiger partial charge on any atom is 0.148 e. The smallest absolute Gasteiger partial charge is 0.148 e. The average molecular weight is 383 g/mol. The lowest BCUT2D eigenvalue weighted by Gasteiger charge is -2.33. The van der Waals surface area contributed by atoms with E-state index in [-0.39, 0.29) is 23.7 Å². The highest BCUT2D eigenvalue weighted by Gasteiger charge is 2.37. The van der Waals surface area contributed by atoms with Crippen LogP contribution in [0.3, 0.4) is 0 Å². The van der Waals surface area contributed by atoms with Crippen LogP contribution in [0.1, 0.15) is 6.42 Å². The van der Waals surface area contributed by atoms with Crippen molar-refractivity contribution in [3.8, 4) is 0 Å². The second-order valence-electron chi connectivity index (χ2n) is 4.32. The van der Waals surface area contributed by atoms with Gasteiger partial charge in [0, 0.05) is 22.5 Å². The van der Waals surface area contributed by atoms with E-state index in [0.717, 1.165) is 11.8 Å². The van der Waals surface area contributed by atoms with Gasteiger partial charge < -0.3 is 25.5 Å². The highest BCUT2D eigenvalue weighted by atomic mass is 32.2. The third-order valence-corrected chi connectivity index (χ3v) is 5.90. The van der Waals surface area contributed by atoms with E-state index in [2.05, 4.69) is 50.5 Å². The van der Waals surface area contributed by atoms with E-state index >= 15 is 0 Å². The minimum Gasteiger partial charge on any atom is -0.390 e. The third-order valence-electron chi connectivity index (χ3n) is 2.68. The fraction of sp³-hybridized carbons (Fsp3) is 1.00. The van der Waals surface area contributed by atoms with Crippen molar-refractivity contribution in [1.82, 2.24) is 0 Å². The van der Waals surface area contributed by atoms with Crippen LogP contribution in [0.5, 0.6) is 0 Å². The Morgan fingerprint density at radius 2 is 1.55 bits per heavy atom. The summed E-state index contributed by atoms with van der Waals surface area (Å²) in [5.41, 5.74) is -1.09. The summed E-state index contributed by atoms with van der Waals surface area (Å²) in [6.07, 6.45) is -3.35. The number of hydrogen-bond acceptors (Lipinski definition) is 10. The number of hydrogen-bond donors (Lipinski definition) is 9. The van der Waals surface area contributed by atoms with Crippen LogP contribution < -0.4 is 0 Å². The molecule has 0 amide bonds. The highest BCUT2D eigenvalue weighted by molar-refractivity contribution is 8.01. The summed E-state index contributed by atoms with van der Waals surface area (Å²) in [4.78, 5) is -1.65. The van der Waals surface area contributed by atoms with Crippen molar-refractivity contribution >= 4 is 62.3 Å². The van der Waals surface area contributed by atoms with Gasteiger partial charge in [-0.05, 0) is 6.42 Å². The molecule has 0 fully saturated rings. The van der Waals surface area contributed by atoms with Crippen LogP contribution in [0.15, 0.2) is 0 Å². The van der Waals surface area contributed by atoms with E-state index in [0.29, 0.717) is 0 Å². The highest BCUT2D eigenvalue weighted by Crippen LogP contribution is 2.34. The first kappa shape index (κ1) is 21.6. The van der Waals surface area contributed by atoms with Gasteiger partial charge in [0.15, 0.2) is 0 Å². The van der Waals surface area contributed by atoms with Crippen molar-refractivity contribution in [3.63, 3.8) is 0 Å². The first-order valence-electron chi connectivity index (χ1n) is 5.84. The van der Waals surface area contributed by atoms with E-state index in [9.17, 15) is 25.5 Å². The Kier molecular flexibility index (Phi) is 11.2. The van der Waals surface area contributed by atoms with Gasteiger partial charge in [-0.1, -0.05) is 11.8 Å². The molecule has 0 saturated heterocycles. The van der Waals surface area contributed by atoms with Gasteiger partial charge in [0.05, 0.1) is 12.2 Å². The Morgan fingerprint density at radius 3 is 1.95 bits per heavy atom. The molecule has 0 aromatic rings. The number of rotatable bonds is 10. The SMILES string of the molecule is OC(CC(S)C(O)C(O)CS)S[C@](O)(CS)[C@H](O)CS. The Morgan fingerprint density at radius 1 is 1.00 bits per heavy atom. The monoisotopic (exact) mass is 382 g/mol. The molecule has 0 radical (unpaired) electrons. The lowest BCUT2D eigenvalue weighted by Crippen LogP contribution is -2.44. The van der Waals surface area contributed by atoms with Crippen LogP contribution in [0.4, 0.5) is 0 Å². The maximum absolute atomic E-state index is 10.1. The number of thioether (sulfide) groups is 1. The van der Waals surface area contributed by atoms with Crippen molar-refractivity contribution < 1.29 is 25.5 Å². The van der Waals surface area contributed by atoms with Crippen molar-refractivity contribution in [2.24, 2.45) is 0 Å². The van der Waals surface area contributed by atoms with Crippen LogP contribution in [0.2, 0.25) is 0 Å². The molecule has 0 rings (SSSR count). The first-order valence-corrected chi connectivity index (χ1v) is 9.14. The predicted molar refractivity (Wildman–Crippen MR) is 95.5 cm³/mol. The van der Waals surface area contributed by atoms with Gasteiger partial charge >= 0.3 is 0 Å². The standard InChI is InChI=1S/C10H22O5S5/c11-5(2-16)9(14)6(19)1-8(13)20-10(15,4-18)7(12)3-17/h5-9,11-19H,1-4H2/t5?,6?,7-,8?,9?,10-/m1/s1. The van der Waals surface area contributed by atoms with Gasteiger partial charge in [-0.25, -0.2) is 0 Å². The third kappa shape index (κ3) is 6.76. The molecule has 0 aliphatic heterocycles.